The highest BCUT2D eigenvalue weighted by atomic mass is 19.2. The molecule has 0 saturated heterocycles. The van der Waals surface area contributed by atoms with E-state index in [-0.39, 0.29) is 12.8 Å². The molecular formula is C7H10F2O2. The van der Waals surface area contributed by atoms with E-state index in [0.29, 0.717) is 0 Å². The Hall–Kier alpha value is -0.670. The van der Waals surface area contributed by atoms with Crippen LogP contribution in [0, 0.1) is 5.92 Å². The van der Waals surface area contributed by atoms with Gasteiger partial charge in [-0.3, -0.25) is 4.79 Å². The van der Waals surface area contributed by atoms with Gasteiger partial charge in [0.05, 0.1) is 13.0 Å². The fourth-order valence-corrected chi connectivity index (χ4v) is 1.29. The first kappa shape index (κ1) is 8.43. The van der Waals surface area contributed by atoms with Gasteiger partial charge in [0.2, 0.25) is 0 Å². The van der Waals surface area contributed by atoms with Gasteiger partial charge in [0.25, 0.3) is 0 Å². The van der Waals surface area contributed by atoms with Crippen LogP contribution in [0.25, 0.3) is 0 Å². The largest absolute Gasteiger partial charge is 0.469 e. The molecule has 4 heteroatoms. The monoisotopic (exact) mass is 164 g/mol. The molecule has 1 fully saturated rings. The smallest absolute Gasteiger partial charge is 0.308 e. The van der Waals surface area contributed by atoms with Crippen LogP contribution >= 0.6 is 0 Å². The van der Waals surface area contributed by atoms with Crippen LogP contribution in [0.15, 0.2) is 0 Å². The molecule has 0 bridgehead atoms. The maximum Gasteiger partial charge on any atom is 0.308 e. The van der Waals surface area contributed by atoms with Crippen molar-refractivity contribution in [2.24, 2.45) is 5.92 Å². The van der Waals surface area contributed by atoms with Crippen LogP contribution in [0.3, 0.4) is 0 Å². The van der Waals surface area contributed by atoms with Crippen molar-refractivity contribution in [2.45, 2.75) is 25.2 Å². The summed E-state index contributed by atoms with van der Waals surface area (Å²) < 4.78 is 29.3. The minimum Gasteiger partial charge on any atom is -0.469 e. The molecule has 0 spiro atoms. The van der Waals surface area contributed by atoms with Crippen LogP contribution in [0.5, 0.6) is 0 Å². The Morgan fingerprint density at radius 3 is 2.18 bits per heavy atom. The third-order valence-corrected chi connectivity index (χ3v) is 1.95. The minimum absolute atomic E-state index is 0.0339. The zero-order valence-corrected chi connectivity index (χ0v) is 6.22. The lowest BCUT2D eigenvalue weighted by Gasteiger charge is -2.03. The van der Waals surface area contributed by atoms with Crippen molar-refractivity contribution in [3.8, 4) is 0 Å². The molecule has 0 aromatic carbocycles. The topological polar surface area (TPSA) is 26.3 Å². The van der Waals surface area contributed by atoms with Crippen LogP contribution in [-0.4, -0.2) is 25.4 Å². The second-order valence-corrected chi connectivity index (χ2v) is 2.72. The van der Waals surface area contributed by atoms with E-state index in [1.807, 2.05) is 0 Å². The second-order valence-electron chi connectivity index (χ2n) is 2.72. The molecule has 0 aliphatic heterocycles. The fourth-order valence-electron chi connectivity index (χ4n) is 1.29. The average molecular weight is 164 g/mol. The number of carbonyl (C=O) groups excluding carboxylic acids is 1. The minimum atomic E-state index is -1.49. The van der Waals surface area contributed by atoms with Gasteiger partial charge in [0, 0.05) is 0 Å². The summed E-state index contributed by atoms with van der Waals surface area (Å²) in [5.74, 6) is -1.09. The Morgan fingerprint density at radius 2 is 1.82 bits per heavy atom. The molecular weight excluding hydrogens is 154 g/mol. The molecule has 2 unspecified atom stereocenters. The zero-order chi connectivity index (χ0) is 8.43. The van der Waals surface area contributed by atoms with Crippen molar-refractivity contribution in [2.75, 3.05) is 7.11 Å². The maximum atomic E-state index is 12.5. The molecule has 2 nitrogen and oxygen atoms in total. The Kier molecular flexibility index (Phi) is 2.42. The lowest BCUT2D eigenvalue weighted by molar-refractivity contribution is -0.145. The summed E-state index contributed by atoms with van der Waals surface area (Å²) >= 11 is 0. The van der Waals surface area contributed by atoms with E-state index in [9.17, 15) is 13.6 Å². The van der Waals surface area contributed by atoms with Gasteiger partial charge in [-0.1, -0.05) is 0 Å². The van der Waals surface area contributed by atoms with E-state index in [0.717, 1.165) is 0 Å². The molecule has 1 saturated carbocycles. The summed E-state index contributed by atoms with van der Waals surface area (Å²) in [5.41, 5.74) is 0. The lowest BCUT2D eigenvalue weighted by Crippen LogP contribution is -2.12. The Balaban J connectivity index is 2.46. The molecule has 0 aromatic rings. The van der Waals surface area contributed by atoms with Crippen LogP contribution in [0.2, 0.25) is 0 Å². The molecule has 1 rings (SSSR count). The molecule has 2 atom stereocenters. The van der Waals surface area contributed by atoms with E-state index in [1.54, 1.807) is 0 Å². The number of esters is 1. The van der Waals surface area contributed by atoms with Gasteiger partial charge in [-0.05, 0) is 12.8 Å². The molecule has 11 heavy (non-hydrogen) atoms. The van der Waals surface area contributed by atoms with E-state index >= 15 is 0 Å². The van der Waals surface area contributed by atoms with Crippen LogP contribution in [0.4, 0.5) is 8.78 Å². The fraction of sp³-hybridized carbons (Fsp3) is 0.857. The summed E-state index contributed by atoms with van der Waals surface area (Å²) in [6.45, 7) is 0. The van der Waals surface area contributed by atoms with Crippen molar-refractivity contribution in [3.63, 3.8) is 0 Å². The van der Waals surface area contributed by atoms with Gasteiger partial charge in [-0.25, -0.2) is 8.78 Å². The van der Waals surface area contributed by atoms with Crippen molar-refractivity contribution >= 4 is 5.97 Å². The number of halogens is 2. The van der Waals surface area contributed by atoms with E-state index in [2.05, 4.69) is 4.74 Å². The summed E-state index contributed by atoms with van der Waals surface area (Å²) in [4.78, 5) is 10.7. The quantitative estimate of drug-likeness (QED) is 0.545. The van der Waals surface area contributed by atoms with Crippen LogP contribution < -0.4 is 0 Å². The lowest BCUT2D eigenvalue weighted by atomic mass is 10.1. The van der Waals surface area contributed by atoms with Crippen molar-refractivity contribution in [3.05, 3.63) is 0 Å². The molecule has 0 radical (unpaired) electrons. The predicted octanol–water partition coefficient (Wildman–Crippen LogP) is 1.25. The molecule has 0 aromatic heterocycles. The molecule has 1 aliphatic rings. The first-order valence-corrected chi connectivity index (χ1v) is 3.51. The zero-order valence-electron chi connectivity index (χ0n) is 6.22. The standard InChI is InChI=1S/C7H10F2O2/c1-11-7(10)4-2-5(8)6(9)3-4/h4-6H,2-3H2,1H3. The summed E-state index contributed by atoms with van der Waals surface area (Å²) in [5, 5.41) is 0. The Bertz CT molecular complexity index is 151. The number of carbonyl (C=O) groups is 1. The Morgan fingerprint density at radius 1 is 1.36 bits per heavy atom. The summed E-state index contributed by atoms with van der Waals surface area (Å²) in [7, 11) is 1.22. The number of hydrogen-bond acceptors (Lipinski definition) is 2. The molecule has 1 aliphatic carbocycles. The first-order chi connectivity index (χ1) is 5.15. The molecule has 0 amide bonds. The van der Waals surface area contributed by atoms with Crippen molar-refractivity contribution in [1.82, 2.24) is 0 Å². The molecule has 0 N–H and O–H groups in total. The third kappa shape index (κ3) is 1.67. The maximum absolute atomic E-state index is 12.5. The number of hydrogen-bond donors (Lipinski definition) is 0. The van der Waals surface area contributed by atoms with E-state index in [4.69, 9.17) is 0 Å². The van der Waals surface area contributed by atoms with Gasteiger partial charge in [0.15, 0.2) is 0 Å². The third-order valence-electron chi connectivity index (χ3n) is 1.95. The van der Waals surface area contributed by atoms with Gasteiger partial charge in [-0.2, -0.15) is 0 Å². The predicted molar refractivity (Wildman–Crippen MR) is 34.5 cm³/mol. The number of rotatable bonds is 1. The normalized spacial score (nSPS) is 37.2. The van der Waals surface area contributed by atoms with E-state index in [1.165, 1.54) is 7.11 Å². The number of ether oxygens (including phenoxy) is 1. The van der Waals surface area contributed by atoms with E-state index < -0.39 is 24.2 Å². The van der Waals surface area contributed by atoms with Gasteiger partial charge >= 0.3 is 5.97 Å². The molecule has 0 heterocycles. The second kappa shape index (κ2) is 3.15. The highest BCUT2D eigenvalue weighted by molar-refractivity contribution is 5.72. The SMILES string of the molecule is COC(=O)C1CC(F)C(F)C1. The highest BCUT2D eigenvalue weighted by Crippen LogP contribution is 2.31. The molecule has 64 valence electrons. The first-order valence-electron chi connectivity index (χ1n) is 3.51. The summed E-state index contributed by atoms with van der Waals surface area (Å²) in [6.07, 6.45) is -3.04. The number of methoxy groups -OCH3 is 1. The van der Waals surface area contributed by atoms with Gasteiger partial charge in [-0.15, -0.1) is 0 Å². The number of alkyl halides is 2. The summed E-state index contributed by atoms with van der Waals surface area (Å²) in [6, 6.07) is 0. The highest BCUT2D eigenvalue weighted by Gasteiger charge is 2.38. The van der Waals surface area contributed by atoms with Crippen molar-refractivity contribution < 1.29 is 18.3 Å². The van der Waals surface area contributed by atoms with Gasteiger partial charge < -0.3 is 4.74 Å². The Labute approximate surface area is 63.5 Å². The van der Waals surface area contributed by atoms with Crippen molar-refractivity contribution in [1.29, 1.82) is 0 Å². The average Bonchev–Trinajstić information content (AvgIpc) is 2.31. The van der Waals surface area contributed by atoms with Crippen LogP contribution in [-0.2, 0) is 9.53 Å². The van der Waals surface area contributed by atoms with Gasteiger partial charge in [0.1, 0.15) is 12.3 Å². The van der Waals surface area contributed by atoms with Crippen LogP contribution in [0.1, 0.15) is 12.8 Å².